The van der Waals surface area contributed by atoms with Crippen LogP contribution < -0.4 is 0 Å². The number of rotatable bonds is 7. The molecule has 100 valence electrons. The van der Waals surface area contributed by atoms with Crippen molar-refractivity contribution in [2.75, 3.05) is 13.2 Å². The Kier molecular flexibility index (Phi) is 5.86. The second kappa shape index (κ2) is 7.17. The number of hydrogen-bond donors (Lipinski definition) is 0. The molecule has 0 fully saturated rings. The third-order valence-electron chi connectivity index (χ3n) is 2.81. The van der Waals surface area contributed by atoms with Gasteiger partial charge in [0.05, 0.1) is 18.6 Å². The number of carbonyl (C=O) groups excluding carboxylic acids is 1. The van der Waals surface area contributed by atoms with Crippen molar-refractivity contribution in [1.82, 2.24) is 0 Å². The summed E-state index contributed by atoms with van der Waals surface area (Å²) in [6, 6.07) is 10.0. The van der Waals surface area contributed by atoms with Crippen LogP contribution in [-0.2, 0) is 20.9 Å². The number of benzene rings is 1. The lowest BCUT2D eigenvalue weighted by Gasteiger charge is -2.21. The van der Waals surface area contributed by atoms with Crippen molar-refractivity contribution in [1.29, 1.82) is 0 Å². The summed E-state index contributed by atoms with van der Waals surface area (Å²) in [7, 11) is 0. The molecule has 0 aromatic heterocycles. The molecule has 3 heteroatoms. The van der Waals surface area contributed by atoms with Crippen molar-refractivity contribution in [3.05, 3.63) is 35.9 Å². The Hall–Kier alpha value is -1.35. The molecule has 0 atom stereocenters. The van der Waals surface area contributed by atoms with E-state index in [0.717, 1.165) is 5.56 Å². The van der Waals surface area contributed by atoms with E-state index >= 15 is 0 Å². The smallest absolute Gasteiger partial charge is 0.311 e. The van der Waals surface area contributed by atoms with Gasteiger partial charge in [0, 0.05) is 6.61 Å². The van der Waals surface area contributed by atoms with Crippen LogP contribution in [0.1, 0.15) is 32.8 Å². The van der Waals surface area contributed by atoms with E-state index in [1.165, 1.54) is 0 Å². The van der Waals surface area contributed by atoms with Crippen LogP contribution in [0.4, 0.5) is 0 Å². The number of carbonyl (C=O) groups is 1. The van der Waals surface area contributed by atoms with Crippen molar-refractivity contribution < 1.29 is 14.3 Å². The Balaban J connectivity index is 2.27. The molecule has 0 aliphatic carbocycles. The number of hydrogen-bond acceptors (Lipinski definition) is 3. The van der Waals surface area contributed by atoms with Crippen LogP contribution in [0.5, 0.6) is 0 Å². The molecule has 0 saturated carbocycles. The van der Waals surface area contributed by atoms with E-state index in [1.807, 2.05) is 51.1 Å². The fourth-order valence-corrected chi connectivity index (χ4v) is 1.52. The minimum Gasteiger partial charge on any atom is -0.466 e. The van der Waals surface area contributed by atoms with Gasteiger partial charge in [-0.25, -0.2) is 0 Å². The van der Waals surface area contributed by atoms with Gasteiger partial charge < -0.3 is 9.47 Å². The zero-order valence-corrected chi connectivity index (χ0v) is 11.4. The van der Waals surface area contributed by atoms with Crippen LogP contribution in [0.25, 0.3) is 0 Å². The maximum Gasteiger partial charge on any atom is 0.311 e. The van der Waals surface area contributed by atoms with Crippen LogP contribution in [0.3, 0.4) is 0 Å². The maximum absolute atomic E-state index is 11.7. The SMILES string of the molecule is CCOC(=O)C(C)(C)CCOCc1ccccc1. The largest absolute Gasteiger partial charge is 0.466 e. The minimum absolute atomic E-state index is 0.159. The molecule has 1 aromatic rings. The molecule has 0 aliphatic heterocycles. The highest BCUT2D eigenvalue weighted by atomic mass is 16.5. The summed E-state index contributed by atoms with van der Waals surface area (Å²) in [4.78, 5) is 11.7. The lowest BCUT2D eigenvalue weighted by atomic mass is 9.90. The molecule has 0 radical (unpaired) electrons. The van der Waals surface area contributed by atoms with E-state index in [4.69, 9.17) is 9.47 Å². The van der Waals surface area contributed by atoms with E-state index < -0.39 is 5.41 Å². The summed E-state index contributed by atoms with van der Waals surface area (Å²) in [5, 5.41) is 0. The van der Waals surface area contributed by atoms with Crippen LogP contribution in [-0.4, -0.2) is 19.2 Å². The summed E-state index contributed by atoms with van der Waals surface area (Å²) in [5.74, 6) is -0.159. The molecule has 0 aliphatic rings. The molecule has 0 saturated heterocycles. The van der Waals surface area contributed by atoms with Gasteiger partial charge in [-0.1, -0.05) is 30.3 Å². The molecular formula is C15H22O3. The lowest BCUT2D eigenvalue weighted by molar-refractivity contribution is -0.154. The Labute approximate surface area is 109 Å². The fraction of sp³-hybridized carbons (Fsp3) is 0.533. The maximum atomic E-state index is 11.7. The van der Waals surface area contributed by atoms with Crippen LogP contribution in [0, 0.1) is 5.41 Å². The molecule has 1 rings (SSSR count). The summed E-state index contributed by atoms with van der Waals surface area (Å²) in [5.41, 5.74) is 0.665. The zero-order chi connectivity index (χ0) is 13.4. The molecule has 0 bridgehead atoms. The topological polar surface area (TPSA) is 35.5 Å². The van der Waals surface area contributed by atoms with Crippen molar-refractivity contribution >= 4 is 5.97 Å². The summed E-state index contributed by atoms with van der Waals surface area (Å²) in [6.07, 6.45) is 0.665. The monoisotopic (exact) mass is 250 g/mol. The first kappa shape index (κ1) is 14.7. The van der Waals surface area contributed by atoms with Gasteiger partial charge in [0.2, 0.25) is 0 Å². The van der Waals surface area contributed by atoms with Gasteiger partial charge in [0.25, 0.3) is 0 Å². The second-order valence-electron chi connectivity index (χ2n) is 4.89. The minimum atomic E-state index is -0.479. The molecule has 0 unspecified atom stereocenters. The van der Waals surface area contributed by atoms with E-state index in [9.17, 15) is 4.79 Å². The molecular weight excluding hydrogens is 228 g/mol. The molecule has 1 aromatic carbocycles. The molecule has 0 heterocycles. The molecule has 3 nitrogen and oxygen atoms in total. The molecule has 0 N–H and O–H groups in total. The Morgan fingerprint density at radius 2 is 1.89 bits per heavy atom. The number of ether oxygens (including phenoxy) is 2. The molecule has 0 amide bonds. The predicted octanol–water partition coefficient (Wildman–Crippen LogP) is 3.18. The van der Waals surface area contributed by atoms with E-state index in [0.29, 0.717) is 26.2 Å². The third kappa shape index (κ3) is 4.88. The predicted molar refractivity (Wildman–Crippen MR) is 71.1 cm³/mol. The number of esters is 1. The van der Waals surface area contributed by atoms with Gasteiger partial charge in [-0.15, -0.1) is 0 Å². The van der Waals surface area contributed by atoms with Gasteiger partial charge in [-0.05, 0) is 32.8 Å². The van der Waals surface area contributed by atoms with Gasteiger partial charge in [0.1, 0.15) is 0 Å². The van der Waals surface area contributed by atoms with Gasteiger partial charge in [-0.2, -0.15) is 0 Å². The van der Waals surface area contributed by atoms with Crippen molar-refractivity contribution in [2.45, 2.75) is 33.8 Å². The summed E-state index contributed by atoms with van der Waals surface area (Å²) >= 11 is 0. The average Bonchev–Trinajstić information content (AvgIpc) is 2.36. The van der Waals surface area contributed by atoms with E-state index in [1.54, 1.807) is 0 Å². The van der Waals surface area contributed by atoms with Gasteiger partial charge in [0.15, 0.2) is 0 Å². The first-order chi connectivity index (χ1) is 8.56. The summed E-state index contributed by atoms with van der Waals surface area (Å²) < 4.78 is 10.6. The normalized spacial score (nSPS) is 11.3. The molecule has 18 heavy (non-hydrogen) atoms. The zero-order valence-electron chi connectivity index (χ0n) is 11.4. The van der Waals surface area contributed by atoms with Crippen LogP contribution in [0.15, 0.2) is 30.3 Å². The van der Waals surface area contributed by atoms with Crippen molar-refractivity contribution in [2.24, 2.45) is 5.41 Å². The highest BCUT2D eigenvalue weighted by molar-refractivity contribution is 5.75. The quantitative estimate of drug-likeness (QED) is 0.550. The van der Waals surface area contributed by atoms with Gasteiger partial charge >= 0.3 is 5.97 Å². The Bertz CT molecular complexity index is 357. The highest BCUT2D eigenvalue weighted by Crippen LogP contribution is 2.22. The second-order valence-corrected chi connectivity index (χ2v) is 4.89. The highest BCUT2D eigenvalue weighted by Gasteiger charge is 2.28. The molecule has 0 spiro atoms. The van der Waals surface area contributed by atoms with E-state index in [2.05, 4.69) is 0 Å². The van der Waals surface area contributed by atoms with Crippen LogP contribution >= 0.6 is 0 Å². The lowest BCUT2D eigenvalue weighted by Crippen LogP contribution is -2.28. The van der Waals surface area contributed by atoms with Gasteiger partial charge in [-0.3, -0.25) is 4.79 Å². The summed E-state index contributed by atoms with van der Waals surface area (Å²) in [6.45, 7) is 7.15. The first-order valence-corrected chi connectivity index (χ1v) is 6.35. The Morgan fingerprint density at radius 3 is 2.50 bits per heavy atom. The standard InChI is InChI=1S/C15H22O3/c1-4-18-14(16)15(2,3)10-11-17-12-13-8-6-5-7-9-13/h5-9H,4,10-12H2,1-3H3. The van der Waals surface area contributed by atoms with Crippen molar-refractivity contribution in [3.63, 3.8) is 0 Å². The average molecular weight is 250 g/mol. The first-order valence-electron chi connectivity index (χ1n) is 6.35. The third-order valence-corrected chi connectivity index (χ3v) is 2.81. The fourth-order valence-electron chi connectivity index (χ4n) is 1.52. The van der Waals surface area contributed by atoms with E-state index in [-0.39, 0.29) is 5.97 Å². The van der Waals surface area contributed by atoms with Crippen molar-refractivity contribution in [3.8, 4) is 0 Å². The van der Waals surface area contributed by atoms with Crippen LogP contribution in [0.2, 0.25) is 0 Å². The Morgan fingerprint density at radius 1 is 1.22 bits per heavy atom.